The van der Waals surface area contributed by atoms with Crippen LogP contribution < -0.4 is 15.4 Å². The molecule has 0 N–H and O–H groups in total. The molecule has 2 aliphatic rings. The maximum absolute atomic E-state index is 13.0. The summed E-state index contributed by atoms with van der Waals surface area (Å²) in [6.07, 6.45) is 4.25. The van der Waals surface area contributed by atoms with Crippen LogP contribution in [0.3, 0.4) is 0 Å². The third kappa shape index (κ3) is 2.70. The van der Waals surface area contributed by atoms with E-state index in [1.807, 2.05) is 23.1 Å². The predicted octanol–water partition coefficient (Wildman–Crippen LogP) is 2.26. The van der Waals surface area contributed by atoms with Crippen LogP contribution >= 0.6 is 0 Å². The van der Waals surface area contributed by atoms with Gasteiger partial charge < -0.3 is 14.4 Å². The van der Waals surface area contributed by atoms with Crippen LogP contribution in [0.4, 0.5) is 11.4 Å². The number of benzene rings is 1. The fraction of sp³-hybridized carbons (Fsp3) is 0.368. The first-order chi connectivity index (χ1) is 11.6. The number of aromatic nitrogens is 1. The monoisotopic (exact) mass is 323 g/mol. The van der Waals surface area contributed by atoms with Gasteiger partial charge in [0.2, 0.25) is 5.56 Å². The van der Waals surface area contributed by atoms with E-state index in [0.29, 0.717) is 12.1 Å². The molecule has 0 radical (unpaired) electrons. The SMILES string of the molecule is Cn1cc(C(=O)N2CCN(CC3CC3)c3ccccc32)ccc1=O. The standard InChI is InChI=1S/C19H21N3O2/c1-20-13-15(8-9-18(20)23)19(24)22-11-10-21(12-14-6-7-14)16-4-2-3-5-17(16)22/h2-5,8-9,13-14H,6-7,10-12H2,1H3. The minimum Gasteiger partial charge on any atom is -0.368 e. The first-order valence-corrected chi connectivity index (χ1v) is 8.46. The molecule has 0 saturated heterocycles. The van der Waals surface area contributed by atoms with Crippen molar-refractivity contribution in [2.24, 2.45) is 13.0 Å². The van der Waals surface area contributed by atoms with E-state index in [-0.39, 0.29) is 11.5 Å². The van der Waals surface area contributed by atoms with Crippen LogP contribution in [-0.2, 0) is 7.05 Å². The van der Waals surface area contributed by atoms with E-state index in [9.17, 15) is 9.59 Å². The summed E-state index contributed by atoms with van der Waals surface area (Å²) in [6, 6.07) is 11.2. The summed E-state index contributed by atoms with van der Waals surface area (Å²) in [7, 11) is 1.67. The van der Waals surface area contributed by atoms with Crippen LogP contribution in [-0.4, -0.2) is 30.1 Å². The smallest absolute Gasteiger partial charge is 0.259 e. The van der Waals surface area contributed by atoms with Crippen molar-refractivity contribution < 1.29 is 4.79 Å². The van der Waals surface area contributed by atoms with Gasteiger partial charge in [-0.3, -0.25) is 9.59 Å². The van der Waals surface area contributed by atoms with Crippen molar-refractivity contribution in [2.45, 2.75) is 12.8 Å². The Morgan fingerprint density at radius 1 is 1.08 bits per heavy atom. The molecule has 1 amide bonds. The van der Waals surface area contributed by atoms with Crippen molar-refractivity contribution in [3.8, 4) is 0 Å². The summed E-state index contributed by atoms with van der Waals surface area (Å²) in [5.74, 6) is 0.757. The molecule has 1 fully saturated rings. The number of hydrogen-bond donors (Lipinski definition) is 0. The molecule has 2 heterocycles. The van der Waals surface area contributed by atoms with Gasteiger partial charge in [0.05, 0.1) is 16.9 Å². The molecular formula is C19H21N3O2. The van der Waals surface area contributed by atoms with Gasteiger partial charge >= 0.3 is 0 Å². The lowest BCUT2D eigenvalue weighted by Crippen LogP contribution is -2.45. The Kier molecular flexibility index (Phi) is 3.63. The molecule has 1 aromatic carbocycles. The van der Waals surface area contributed by atoms with Gasteiger partial charge in [-0.1, -0.05) is 12.1 Å². The number of amides is 1. The third-order valence-electron chi connectivity index (χ3n) is 4.86. The Morgan fingerprint density at radius 2 is 1.83 bits per heavy atom. The normalized spacial score (nSPS) is 16.9. The molecule has 0 unspecified atom stereocenters. The van der Waals surface area contributed by atoms with Crippen LogP contribution in [0.5, 0.6) is 0 Å². The summed E-state index contributed by atoms with van der Waals surface area (Å²) < 4.78 is 1.45. The van der Waals surface area contributed by atoms with Crippen molar-refractivity contribution >= 4 is 17.3 Å². The second kappa shape index (κ2) is 5.82. The molecule has 0 spiro atoms. The molecule has 1 aliphatic heterocycles. The molecule has 0 bridgehead atoms. The van der Waals surface area contributed by atoms with E-state index in [2.05, 4.69) is 11.0 Å². The number of hydrogen-bond acceptors (Lipinski definition) is 3. The number of anilines is 2. The number of rotatable bonds is 3. The molecule has 1 saturated carbocycles. The van der Waals surface area contributed by atoms with Gasteiger partial charge in [0.15, 0.2) is 0 Å². The highest BCUT2D eigenvalue weighted by molar-refractivity contribution is 6.08. The van der Waals surface area contributed by atoms with Crippen molar-refractivity contribution in [3.63, 3.8) is 0 Å². The highest BCUT2D eigenvalue weighted by atomic mass is 16.2. The molecule has 24 heavy (non-hydrogen) atoms. The van der Waals surface area contributed by atoms with Crippen LogP contribution in [0.15, 0.2) is 47.4 Å². The number of carbonyl (C=O) groups is 1. The Labute approximate surface area is 141 Å². The fourth-order valence-corrected chi connectivity index (χ4v) is 3.31. The summed E-state index contributed by atoms with van der Waals surface area (Å²) in [5, 5.41) is 0. The maximum Gasteiger partial charge on any atom is 0.259 e. The lowest BCUT2D eigenvalue weighted by atomic mass is 10.1. The zero-order valence-corrected chi connectivity index (χ0v) is 13.8. The van der Waals surface area contributed by atoms with Crippen molar-refractivity contribution in [1.29, 1.82) is 0 Å². The number of aryl methyl sites for hydroxylation is 1. The van der Waals surface area contributed by atoms with Gasteiger partial charge in [-0.2, -0.15) is 0 Å². The zero-order valence-electron chi connectivity index (χ0n) is 13.8. The van der Waals surface area contributed by atoms with E-state index in [1.165, 1.54) is 23.5 Å². The van der Waals surface area contributed by atoms with Gasteiger partial charge in [0, 0.05) is 38.9 Å². The van der Waals surface area contributed by atoms with Gasteiger partial charge in [0.1, 0.15) is 0 Å². The second-order valence-corrected chi connectivity index (χ2v) is 6.70. The summed E-state index contributed by atoms with van der Waals surface area (Å²) in [6.45, 7) is 2.61. The second-order valence-electron chi connectivity index (χ2n) is 6.70. The summed E-state index contributed by atoms with van der Waals surface area (Å²) in [4.78, 5) is 28.7. The molecule has 5 nitrogen and oxygen atoms in total. The summed E-state index contributed by atoms with van der Waals surface area (Å²) >= 11 is 0. The molecule has 2 aromatic rings. The van der Waals surface area contributed by atoms with Crippen LogP contribution in [0.25, 0.3) is 0 Å². The minimum absolute atomic E-state index is 0.0517. The van der Waals surface area contributed by atoms with Gasteiger partial charge in [0.25, 0.3) is 5.91 Å². The number of fused-ring (bicyclic) bond motifs is 1. The number of pyridine rings is 1. The minimum atomic E-state index is -0.110. The maximum atomic E-state index is 13.0. The average Bonchev–Trinajstić information content (AvgIpc) is 3.41. The Bertz CT molecular complexity index is 839. The molecule has 0 atom stereocenters. The van der Waals surface area contributed by atoms with E-state index in [1.54, 1.807) is 19.3 Å². The zero-order chi connectivity index (χ0) is 16.7. The Morgan fingerprint density at radius 3 is 2.54 bits per heavy atom. The van der Waals surface area contributed by atoms with Crippen LogP contribution in [0.1, 0.15) is 23.2 Å². The van der Waals surface area contributed by atoms with Crippen molar-refractivity contribution in [1.82, 2.24) is 4.57 Å². The Hall–Kier alpha value is -2.56. The highest BCUT2D eigenvalue weighted by Gasteiger charge is 2.31. The summed E-state index contributed by atoms with van der Waals surface area (Å²) in [5.41, 5.74) is 2.53. The number of para-hydroxylation sites is 2. The number of nitrogens with zero attached hydrogens (tertiary/aromatic N) is 3. The van der Waals surface area contributed by atoms with E-state index in [4.69, 9.17) is 0 Å². The van der Waals surface area contributed by atoms with E-state index < -0.39 is 0 Å². The van der Waals surface area contributed by atoms with Crippen molar-refractivity contribution in [2.75, 3.05) is 29.4 Å². The van der Waals surface area contributed by atoms with Gasteiger partial charge in [-0.25, -0.2) is 0 Å². The van der Waals surface area contributed by atoms with Crippen molar-refractivity contribution in [3.05, 3.63) is 58.5 Å². The average molecular weight is 323 g/mol. The number of carbonyl (C=O) groups excluding carboxylic acids is 1. The lowest BCUT2D eigenvalue weighted by Gasteiger charge is -2.38. The molecule has 1 aromatic heterocycles. The van der Waals surface area contributed by atoms with Crippen LogP contribution in [0, 0.1) is 5.92 Å². The fourth-order valence-electron chi connectivity index (χ4n) is 3.31. The molecule has 4 rings (SSSR count). The largest absolute Gasteiger partial charge is 0.368 e. The lowest BCUT2D eigenvalue weighted by molar-refractivity contribution is 0.0986. The molecular weight excluding hydrogens is 302 g/mol. The predicted molar refractivity (Wildman–Crippen MR) is 94.7 cm³/mol. The van der Waals surface area contributed by atoms with Gasteiger partial charge in [-0.15, -0.1) is 0 Å². The van der Waals surface area contributed by atoms with Gasteiger partial charge in [-0.05, 0) is 37.0 Å². The van der Waals surface area contributed by atoms with Crippen LogP contribution in [0.2, 0.25) is 0 Å². The molecule has 1 aliphatic carbocycles. The highest BCUT2D eigenvalue weighted by Crippen LogP contribution is 2.37. The molecule has 124 valence electrons. The van der Waals surface area contributed by atoms with E-state index in [0.717, 1.165) is 30.4 Å². The first kappa shape index (κ1) is 15.0. The van der Waals surface area contributed by atoms with E-state index >= 15 is 0 Å². The molecule has 5 heteroatoms. The Balaban J connectivity index is 1.66. The topological polar surface area (TPSA) is 45.6 Å². The first-order valence-electron chi connectivity index (χ1n) is 8.46. The quantitative estimate of drug-likeness (QED) is 0.870. The third-order valence-corrected chi connectivity index (χ3v) is 4.86.